The number of nitrogens with zero attached hydrogens (tertiary/aromatic N) is 1. The van der Waals surface area contributed by atoms with Crippen molar-refractivity contribution in [1.29, 1.82) is 0 Å². The first-order valence-corrected chi connectivity index (χ1v) is 5.03. The van der Waals surface area contributed by atoms with Crippen LogP contribution in [-0.4, -0.2) is 48.7 Å². The van der Waals surface area contributed by atoms with Crippen molar-refractivity contribution in [2.75, 3.05) is 26.2 Å². The van der Waals surface area contributed by atoms with Crippen LogP contribution in [-0.2, 0) is 0 Å². The van der Waals surface area contributed by atoms with Crippen LogP contribution in [0.25, 0.3) is 0 Å². The SMILES string of the molecule is CC1([N+](=O)[O-])CNCC(N)C(N)CNC1. The second-order valence-corrected chi connectivity index (χ2v) is 4.34. The second-order valence-electron chi connectivity index (χ2n) is 4.34. The number of hydrogen-bond donors (Lipinski definition) is 4. The number of rotatable bonds is 1. The van der Waals surface area contributed by atoms with Gasteiger partial charge in [0.15, 0.2) is 0 Å². The molecule has 6 N–H and O–H groups in total. The van der Waals surface area contributed by atoms with Crippen molar-refractivity contribution < 1.29 is 4.92 Å². The standard InChI is InChI=1S/C8H19N5O2/c1-8(13(14)15)4-11-2-6(9)7(10)3-12-5-8/h6-7,11-12H,2-5,9-10H2,1H3. The number of nitro groups is 1. The lowest BCUT2D eigenvalue weighted by Crippen LogP contribution is -2.51. The van der Waals surface area contributed by atoms with Crippen LogP contribution in [0.2, 0.25) is 0 Å². The summed E-state index contributed by atoms with van der Waals surface area (Å²) in [4.78, 5) is 10.6. The second kappa shape index (κ2) is 4.84. The van der Waals surface area contributed by atoms with Gasteiger partial charge in [-0.1, -0.05) is 0 Å². The van der Waals surface area contributed by atoms with Crippen molar-refractivity contribution in [2.45, 2.75) is 24.5 Å². The molecule has 0 spiro atoms. The molecule has 1 heterocycles. The Morgan fingerprint density at radius 3 is 2.00 bits per heavy atom. The highest BCUT2D eigenvalue weighted by Crippen LogP contribution is 2.07. The van der Waals surface area contributed by atoms with Gasteiger partial charge in [0.25, 0.3) is 0 Å². The largest absolute Gasteiger partial charge is 0.325 e. The highest BCUT2D eigenvalue weighted by atomic mass is 16.6. The molecule has 0 bridgehead atoms. The van der Waals surface area contributed by atoms with Crippen LogP contribution in [0, 0.1) is 10.1 Å². The lowest BCUT2D eigenvalue weighted by Gasteiger charge is -2.20. The van der Waals surface area contributed by atoms with Gasteiger partial charge in [0.2, 0.25) is 5.54 Å². The summed E-state index contributed by atoms with van der Waals surface area (Å²) in [6.45, 7) is 3.22. The Kier molecular flexibility index (Phi) is 3.97. The Balaban J connectivity index is 2.63. The van der Waals surface area contributed by atoms with Gasteiger partial charge < -0.3 is 22.1 Å². The van der Waals surface area contributed by atoms with Gasteiger partial charge in [-0.15, -0.1) is 0 Å². The summed E-state index contributed by atoms with van der Waals surface area (Å²) in [7, 11) is 0. The molecule has 1 aliphatic rings. The van der Waals surface area contributed by atoms with Crippen molar-refractivity contribution in [1.82, 2.24) is 10.6 Å². The third-order valence-corrected chi connectivity index (χ3v) is 2.76. The molecule has 88 valence electrons. The first-order valence-electron chi connectivity index (χ1n) is 5.03. The summed E-state index contributed by atoms with van der Waals surface area (Å²) in [5.74, 6) is 0. The van der Waals surface area contributed by atoms with Gasteiger partial charge in [-0.3, -0.25) is 10.1 Å². The third-order valence-electron chi connectivity index (χ3n) is 2.76. The Bertz CT molecular complexity index is 221. The Labute approximate surface area is 88.7 Å². The minimum Gasteiger partial charge on any atom is -0.325 e. The fourth-order valence-electron chi connectivity index (χ4n) is 1.51. The summed E-state index contributed by atoms with van der Waals surface area (Å²) in [6, 6.07) is -0.349. The van der Waals surface area contributed by atoms with Gasteiger partial charge in [0.1, 0.15) is 0 Å². The lowest BCUT2D eigenvalue weighted by molar-refractivity contribution is -0.560. The van der Waals surface area contributed by atoms with E-state index in [1.807, 2.05) is 0 Å². The van der Waals surface area contributed by atoms with Crippen LogP contribution in [0.4, 0.5) is 0 Å². The van der Waals surface area contributed by atoms with E-state index in [0.29, 0.717) is 26.2 Å². The molecule has 15 heavy (non-hydrogen) atoms. The minimum atomic E-state index is -0.996. The molecule has 2 unspecified atom stereocenters. The fraction of sp³-hybridized carbons (Fsp3) is 1.00. The molecule has 0 aromatic rings. The van der Waals surface area contributed by atoms with Crippen LogP contribution in [0.5, 0.6) is 0 Å². The molecule has 1 fully saturated rings. The maximum atomic E-state index is 10.9. The first kappa shape index (κ1) is 12.3. The number of hydrogen-bond acceptors (Lipinski definition) is 6. The maximum Gasteiger partial charge on any atom is 0.243 e. The quantitative estimate of drug-likeness (QED) is 0.294. The van der Waals surface area contributed by atoms with Gasteiger partial charge in [0, 0.05) is 37.0 Å². The molecule has 7 nitrogen and oxygen atoms in total. The molecule has 0 aromatic carbocycles. The van der Waals surface area contributed by atoms with Crippen molar-refractivity contribution in [3.8, 4) is 0 Å². The molecule has 0 aliphatic carbocycles. The van der Waals surface area contributed by atoms with E-state index >= 15 is 0 Å². The van der Waals surface area contributed by atoms with Crippen LogP contribution in [0.15, 0.2) is 0 Å². The zero-order valence-electron chi connectivity index (χ0n) is 8.90. The summed E-state index contributed by atoms with van der Waals surface area (Å²) >= 11 is 0. The van der Waals surface area contributed by atoms with E-state index in [4.69, 9.17) is 11.5 Å². The molecular formula is C8H19N5O2. The third kappa shape index (κ3) is 3.10. The summed E-state index contributed by atoms with van der Waals surface area (Å²) in [5.41, 5.74) is 10.6. The Hall–Kier alpha value is -0.760. The van der Waals surface area contributed by atoms with E-state index in [1.54, 1.807) is 6.92 Å². The average molecular weight is 217 g/mol. The monoisotopic (exact) mass is 217 g/mol. The van der Waals surface area contributed by atoms with Gasteiger partial charge in [-0.05, 0) is 0 Å². The van der Waals surface area contributed by atoms with Crippen LogP contribution in [0.3, 0.4) is 0 Å². The smallest absolute Gasteiger partial charge is 0.243 e. The van der Waals surface area contributed by atoms with Crippen LogP contribution >= 0.6 is 0 Å². The molecule has 2 atom stereocenters. The van der Waals surface area contributed by atoms with Crippen molar-refractivity contribution in [3.05, 3.63) is 10.1 Å². The van der Waals surface area contributed by atoms with Gasteiger partial charge >= 0.3 is 0 Å². The lowest BCUT2D eigenvalue weighted by atomic mass is 10.0. The predicted molar refractivity (Wildman–Crippen MR) is 57.1 cm³/mol. The molecule has 1 aliphatic heterocycles. The predicted octanol–water partition coefficient (Wildman–Crippen LogP) is -2.13. The van der Waals surface area contributed by atoms with Crippen molar-refractivity contribution >= 4 is 0 Å². The van der Waals surface area contributed by atoms with Gasteiger partial charge in [0.05, 0.1) is 13.1 Å². The maximum absolute atomic E-state index is 10.9. The zero-order chi connectivity index (χ0) is 11.5. The fourth-order valence-corrected chi connectivity index (χ4v) is 1.51. The molecule has 0 radical (unpaired) electrons. The first-order chi connectivity index (χ1) is 6.96. The summed E-state index contributed by atoms with van der Waals surface area (Å²) < 4.78 is 0. The van der Waals surface area contributed by atoms with Gasteiger partial charge in [-0.25, -0.2) is 0 Å². The van der Waals surface area contributed by atoms with Crippen molar-refractivity contribution in [2.24, 2.45) is 11.5 Å². The molecule has 1 saturated heterocycles. The van der Waals surface area contributed by atoms with Crippen molar-refractivity contribution in [3.63, 3.8) is 0 Å². The molecule has 1 rings (SSSR count). The zero-order valence-corrected chi connectivity index (χ0v) is 8.90. The summed E-state index contributed by atoms with van der Waals surface area (Å²) in [5, 5.41) is 16.9. The Morgan fingerprint density at radius 1 is 1.27 bits per heavy atom. The number of nitrogens with one attached hydrogen (secondary N) is 2. The molecule has 0 saturated carbocycles. The molecule has 7 heteroatoms. The molecular weight excluding hydrogens is 198 g/mol. The normalized spacial score (nSPS) is 38.9. The van der Waals surface area contributed by atoms with Crippen LogP contribution in [0.1, 0.15) is 6.92 Å². The van der Waals surface area contributed by atoms with E-state index in [2.05, 4.69) is 10.6 Å². The highest BCUT2D eigenvalue weighted by Gasteiger charge is 2.37. The molecule has 0 aromatic heterocycles. The number of nitrogens with two attached hydrogens (primary N) is 2. The van der Waals surface area contributed by atoms with E-state index in [1.165, 1.54) is 0 Å². The highest BCUT2D eigenvalue weighted by molar-refractivity contribution is 4.87. The Morgan fingerprint density at radius 2 is 1.67 bits per heavy atom. The van der Waals surface area contributed by atoms with Gasteiger partial charge in [-0.2, -0.15) is 0 Å². The van der Waals surface area contributed by atoms with E-state index in [-0.39, 0.29) is 17.0 Å². The van der Waals surface area contributed by atoms with Crippen LogP contribution < -0.4 is 22.1 Å². The minimum absolute atomic E-state index is 0.174. The molecule has 0 amide bonds. The average Bonchev–Trinajstić information content (AvgIpc) is 2.21. The van der Waals surface area contributed by atoms with E-state index in [9.17, 15) is 10.1 Å². The van der Waals surface area contributed by atoms with E-state index in [0.717, 1.165) is 0 Å². The topological polar surface area (TPSA) is 119 Å². The summed E-state index contributed by atoms with van der Waals surface area (Å²) in [6.07, 6.45) is 0. The van der Waals surface area contributed by atoms with E-state index < -0.39 is 5.54 Å².